The van der Waals surface area contributed by atoms with E-state index >= 15 is 0 Å². The number of nitrogens with zero attached hydrogens (tertiary/aromatic N) is 1. The van der Waals surface area contributed by atoms with Gasteiger partial charge >= 0.3 is 5.97 Å². The number of amides is 2. The summed E-state index contributed by atoms with van der Waals surface area (Å²) in [6, 6.07) is 16.9. The lowest BCUT2D eigenvalue weighted by Crippen LogP contribution is -2.39. The number of para-hydroxylation sites is 1. The van der Waals surface area contributed by atoms with Gasteiger partial charge in [0.1, 0.15) is 11.5 Å². The van der Waals surface area contributed by atoms with Gasteiger partial charge in [-0.25, -0.2) is 9.78 Å². The van der Waals surface area contributed by atoms with Crippen LogP contribution in [0.1, 0.15) is 91.8 Å². The molecular formula is C33H39N3O6. The second-order valence-electron chi connectivity index (χ2n) is 10.6. The summed E-state index contributed by atoms with van der Waals surface area (Å²) in [5, 5.41) is 15.1. The van der Waals surface area contributed by atoms with E-state index in [9.17, 15) is 19.5 Å². The molecule has 3 aromatic rings. The summed E-state index contributed by atoms with van der Waals surface area (Å²) < 4.78 is 12.0. The summed E-state index contributed by atoms with van der Waals surface area (Å²) in [6.07, 6.45) is 11.5. The fourth-order valence-corrected chi connectivity index (χ4v) is 4.96. The lowest BCUT2D eigenvalue weighted by atomic mass is 9.92. The maximum atomic E-state index is 12.6. The molecule has 0 bridgehead atoms. The van der Waals surface area contributed by atoms with Crippen LogP contribution in [0.4, 0.5) is 5.69 Å². The van der Waals surface area contributed by atoms with Gasteiger partial charge in [0.25, 0.3) is 5.91 Å². The maximum Gasteiger partial charge on any atom is 0.337 e. The van der Waals surface area contributed by atoms with Crippen LogP contribution < -0.4 is 20.1 Å². The van der Waals surface area contributed by atoms with E-state index in [1.807, 2.05) is 12.1 Å². The van der Waals surface area contributed by atoms with Gasteiger partial charge in [-0.15, -0.1) is 0 Å². The standard InChI is InChI=1S/C33H39N3O6/c1-2-3-4-5-6-11-30(37)35-24-13-15-25(16-14-24)41-26-17-19-27(20-18-26)42-31-21-12-23(22-34-31)32(38)36-29-10-8-7-9-28(29)33(39)40/h7-10,12,17-22,24-25H,2-6,11,13-16H2,1H3,(H,35,37)(H,36,38)(H,39,40). The molecule has 4 rings (SSSR count). The number of rotatable bonds is 14. The van der Waals surface area contributed by atoms with Gasteiger partial charge < -0.3 is 25.2 Å². The van der Waals surface area contributed by atoms with Crippen LogP contribution in [0.2, 0.25) is 0 Å². The number of carbonyl (C=O) groups excluding carboxylic acids is 2. The monoisotopic (exact) mass is 573 g/mol. The van der Waals surface area contributed by atoms with Crippen LogP contribution in [0.5, 0.6) is 17.4 Å². The number of anilines is 1. The van der Waals surface area contributed by atoms with Crippen LogP contribution in [0, 0.1) is 0 Å². The number of pyridine rings is 1. The van der Waals surface area contributed by atoms with Crippen LogP contribution in [0.3, 0.4) is 0 Å². The van der Waals surface area contributed by atoms with Gasteiger partial charge in [-0.1, -0.05) is 44.7 Å². The van der Waals surface area contributed by atoms with Crippen molar-refractivity contribution in [2.24, 2.45) is 0 Å². The maximum absolute atomic E-state index is 12.6. The Hall–Kier alpha value is -4.40. The first-order chi connectivity index (χ1) is 20.4. The van der Waals surface area contributed by atoms with Gasteiger partial charge in [0, 0.05) is 24.7 Å². The Balaban J connectivity index is 1.19. The molecule has 0 atom stereocenters. The lowest BCUT2D eigenvalue weighted by molar-refractivity contribution is -0.122. The van der Waals surface area contributed by atoms with E-state index in [0.29, 0.717) is 18.1 Å². The summed E-state index contributed by atoms with van der Waals surface area (Å²) in [5.41, 5.74) is 0.482. The van der Waals surface area contributed by atoms with Crippen molar-refractivity contribution in [1.29, 1.82) is 0 Å². The van der Waals surface area contributed by atoms with Crippen molar-refractivity contribution >= 4 is 23.5 Å². The minimum absolute atomic E-state index is 0.00571. The Morgan fingerprint density at radius 2 is 1.60 bits per heavy atom. The van der Waals surface area contributed by atoms with E-state index in [1.54, 1.807) is 36.4 Å². The Kier molecular flexibility index (Phi) is 11.3. The molecule has 1 aliphatic carbocycles. The molecule has 1 aliphatic rings. The number of aromatic carboxylic acids is 1. The number of aromatic nitrogens is 1. The highest BCUT2D eigenvalue weighted by Gasteiger charge is 2.23. The van der Waals surface area contributed by atoms with Crippen LogP contribution in [0.25, 0.3) is 0 Å². The van der Waals surface area contributed by atoms with Gasteiger partial charge in [-0.2, -0.15) is 0 Å². The molecule has 2 aromatic carbocycles. The molecule has 0 aliphatic heterocycles. The highest BCUT2D eigenvalue weighted by molar-refractivity contribution is 6.07. The Bertz CT molecular complexity index is 1320. The largest absolute Gasteiger partial charge is 0.490 e. The van der Waals surface area contributed by atoms with Crippen LogP contribution >= 0.6 is 0 Å². The summed E-state index contributed by atoms with van der Waals surface area (Å²) in [6.45, 7) is 2.19. The Labute approximate surface area is 246 Å². The zero-order chi connectivity index (χ0) is 29.7. The average Bonchev–Trinajstić information content (AvgIpc) is 2.99. The minimum atomic E-state index is -1.12. The molecule has 0 saturated heterocycles. The summed E-state index contributed by atoms with van der Waals surface area (Å²) in [7, 11) is 0. The number of carboxylic acid groups (broad SMARTS) is 1. The first-order valence-corrected chi connectivity index (χ1v) is 14.7. The molecule has 1 aromatic heterocycles. The van der Waals surface area contributed by atoms with Gasteiger partial charge in [0.15, 0.2) is 0 Å². The number of ether oxygens (including phenoxy) is 2. The molecule has 2 amide bonds. The quantitative estimate of drug-likeness (QED) is 0.177. The first kappa shape index (κ1) is 30.6. The fraction of sp³-hybridized carbons (Fsp3) is 0.394. The van der Waals surface area contributed by atoms with Crippen molar-refractivity contribution in [2.75, 3.05) is 5.32 Å². The van der Waals surface area contributed by atoms with E-state index in [0.717, 1.165) is 44.3 Å². The predicted molar refractivity (Wildman–Crippen MR) is 160 cm³/mol. The van der Waals surface area contributed by atoms with Gasteiger partial charge in [-0.3, -0.25) is 9.59 Å². The third-order valence-electron chi connectivity index (χ3n) is 7.30. The summed E-state index contributed by atoms with van der Waals surface area (Å²) in [5.74, 6) is 0.207. The van der Waals surface area contributed by atoms with E-state index in [4.69, 9.17) is 9.47 Å². The number of carboxylic acids is 1. The third kappa shape index (κ3) is 9.33. The second-order valence-corrected chi connectivity index (χ2v) is 10.6. The molecule has 0 radical (unpaired) electrons. The molecule has 9 heteroatoms. The number of nitrogens with one attached hydrogen (secondary N) is 2. The van der Waals surface area contributed by atoms with Crippen molar-refractivity contribution in [1.82, 2.24) is 10.3 Å². The van der Waals surface area contributed by atoms with Gasteiger partial charge in [0.2, 0.25) is 11.8 Å². The summed E-state index contributed by atoms with van der Waals surface area (Å²) >= 11 is 0. The minimum Gasteiger partial charge on any atom is -0.490 e. The van der Waals surface area contributed by atoms with Crippen molar-refractivity contribution in [3.8, 4) is 17.4 Å². The number of benzene rings is 2. The van der Waals surface area contributed by atoms with Crippen molar-refractivity contribution in [2.45, 2.75) is 83.3 Å². The Morgan fingerprint density at radius 3 is 2.29 bits per heavy atom. The second kappa shape index (κ2) is 15.6. The van der Waals surface area contributed by atoms with Crippen LogP contribution in [-0.2, 0) is 4.79 Å². The normalized spacial score (nSPS) is 16.3. The molecule has 1 fully saturated rings. The van der Waals surface area contributed by atoms with E-state index in [1.165, 1.54) is 37.6 Å². The molecule has 1 heterocycles. The molecule has 42 heavy (non-hydrogen) atoms. The number of carbonyl (C=O) groups is 3. The van der Waals surface area contributed by atoms with Crippen molar-refractivity contribution < 1.29 is 29.0 Å². The van der Waals surface area contributed by atoms with Crippen molar-refractivity contribution in [3.05, 3.63) is 78.0 Å². The molecular weight excluding hydrogens is 534 g/mol. The van der Waals surface area contributed by atoms with E-state index in [-0.39, 0.29) is 34.9 Å². The molecule has 222 valence electrons. The molecule has 9 nitrogen and oxygen atoms in total. The zero-order valence-corrected chi connectivity index (χ0v) is 24.0. The smallest absolute Gasteiger partial charge is 0.337 e. The third-order valence-corrected chi connectivity index (χ3v) is 7.30. The van der Waals surface area contributed by atoms with E-state index < -0.39 is 11.9 Å². The fourth-order valence-electron chi connectivity index (χ4n) is 4.96. The van der Waals surface area contributed by atoms with Gasteiger partial charge in [0.05, 0.1) is 22.9 Å². The van der Waals surface area contributed by atoms with Crippen molar-refractivity contribution in [3.63, 3.8) is 0 Å². The summed E-state index contributed by atoms with van der Waals surface area (Å²) in [4.78, 5) is 40.4. The average molecular weight is 574 g/mol. The first-order valence-electron chi connectivity index (χ1n) is 14.7. The molecule has 3 N–H and O–H groups in total. The van der Waals surface area contributed by atoms with E-state index in [2.05, 4.69) is 22.5 Å². The number of hydrogen-bond donors (Lipinski definition) is 3. The Morgan fingerprint density at radius 1 is 0.881 bits per heavy atom. The number of hydrogen-bond acceptors (Lipinski definition) is 6. The van der Waals surface area contributed by atoms with Crippen LogP contribution in [-0.4, -0.2) is 40.0 Å². The predicted octanol–water partition coefficient (Wildman–Crippen LogP) is 6.99. The lowest BCUT2D eigenvalue weighted by Gasteiger charge is -2.29. The molecule has 0 spiro atoms. The molecule has 1 saturated carbocycles. The topological polar surface area (TPSA) is 127 Å². The highest BCUT2D eigenvalue weighted by Crippen LogP contribution is 2.27. The van der Waals surface area contributed by atoms with Gasteiger partial charge in [-0.05, 0) is 74.6 Å². The SMILES string of the molecule is CCCCCCCC(=O)NC1CCC(Oc2ccc(Oc3ccc(C(=O)Nc4ccccc4C(=O)O)cn3)cc2)CC1. The number of unbranched alkanes of at least 4 members (excludes halogenated alkanes) is 4. The zero-order valence-electron chi connectivity index (χ0n) is 24.0. The highest BCUT2D eigenvalue weighted by atomic mass is 16.5. The molecule has 0 unspecified atom stereocenters. The van der Waals surface area contributed by atoms with Crippen LogP contribution in [0.15, 0.2) is 66.9 Å².